The molecule has 0 radical (unpaired) electrons. The third-order valence-corrected chi connectivity index (χ3v) is 3.10. The van der Waals surface area contributed by atoms with Crippen molar-refractivity contribution in [2.45, 2.75) is 32.7 Å². The standard InChI is InChI=1S/C13H21N3/c1-3-5-15-12-4-6-16(10-12)13-7-11(2)8-14-9-13/h7-9,12,15H,3-6,10H2,1-2H3. The Labute approximate surface area is 97.9 Å². The SMILES string of the molecule is CCCNC1CCN(c2cncc(C)c2)C1. The fraction of sp³-hybridized carbons (Fsp3) is 0.615. The molecule has 1 aliphatic heterocycles. The molecule has 2 heterocycles. The monoisotopic (exact) mass is 219 g/mol. The van der Waals surface area contributed by atoms with Crippen LogP contribution in [0.25, 0.3) is 0 Å². The number of aryl methyl sites for hydroxylation is 1. The zero-order valence-corrected chi connectivity index (χ0v) is 10.2. The van der Waals surface area contributed by atoms with E-state index < -0.39 is 0 Å². The molecule has 0 amide bonds. The largest absolute Gasteiger partial charge is 0.369 e. The summed E-state index contributed by atoms with van der Waals surface area (Å²) < 4.78 is 0. The molecule has 1 fully saturated rings. The Bertz CT molecular complexity index is 338. The van der Waals surface area contributed by atoms with Crippen LogP contribution in [-0.2, 0) is 0 Å². The van der Waals surface area contributed by atoms with E-state index in [1.807, 2.05) is 12.4 Å². The van der Waals surface area contributed by atoms with Crippen LogP contribution in [-0.4, -0.2) is 30.7 Å². The van der Waals surface area contributed by atoms with Gasteiger partial charge in [-0.15, -0.1) is 0 Å². The second kappa shape index (κ2) is 5.30. The van der Waals surface area contributed by atoms with Gasteiger partial charge in [0.2, 0.25) is 0 Å². The van der Waals surface area contributed by atoms with Crippen LogP contribution in [0.4, 0.5) is 5.69 Å². The number of pyridine rings is 1. The molecule has 0 aromatic carbocycles. The zero-order valence-electron chi connectivity index (χ0n) is 10.2. The molecule has 0 saturated carbocycles. The first kappa shape index (κ1) is 11.4. The van der Waals surface area contributed by atoms with E-state index in [1.165, 1.54) is 24.1 Å². The molecule has 1 unspecified atom stereocenters. The molecule has 0 bridgehead atoms. The first-order valence-corrected chi connectivity index (χ1v) is 6.19. The predicted molar refractivity (Wildman–Crippen MR) is 67.9 cm³/mol. The highest BCUT2D eigenvalue weighted by Gasteiger charge is 2.21. The molecule has 1 aromatic heterocycles. The van der Waals surface area contributed by atoms with Gasteiger partial charge >= 0.3 is 0 Å². The van der Waals surface area contributed by atoms with Gasteiger partial charge in [-0.3, -0.25) is 4.98 Å². The number of hydrogen-bond donors (Lipinski definition) is 1. The van der Waals surface area contributed by atoms with Crippen molar-refractivity contribution < 1.29 is 0 Å². The van der Waals surface area contributed by atoms with E-state index in [2.05, 4.69) is 35.1 Å². The molecule has 2 rings (SSSR count). The zero-order chi connectivity index (χ0) is 11.4. The van der Waals surface area contributed by atoms with Crippen LogP contribution in [0.5, 0.6) is 0 Å². The van der Waals surface area contributed by atoms with E-state index in [0.717, 1.165) is 19.6 Å². The van der Waals surface area contributed by atoms with Crippen molar-refractivity contribution in [1.29, 1.82) is 0 Å². The average Bonchev–Trinajstić information content (AvgIpc) is 2.75. The highest BCUT2D eigenvalue weighted by molar-refractivity contribution is 5.47. The molecular weight excluding hydrogens is 198 g/mol. The highest BCUT2D eigenvalue weighted by atomic mass is 15.2. The van der Waals surface area contributed by atoms with E-state index in [4.69, 9.17) is 0 Å². The summed E-state index contributed by atoms with van der Waals surface area (Å²) in [5.74, 6) is 0. The van der Waals surface area contributed by atoms with Gasteiger partial charge in [-0.05, 0) is 37.9 Å². The van der Waals surface area contributed by atoms with Crippen LogP contribution in [0.2, 0.25) is 0 Å². The third-order valence-electron chi connectivity index (χ3n) is 3.10. The van der Waals surface area contributed by atoms with Crippen molar-refractivity contribution in [2.24, 2.45) is 0 Å². The van der Waals surface area contributed by atoms with Crippen molar-refractivity contribution in [3.8, 4) is 0 Å². The van der Waals surface area contributed by atoms with Crippen LogP contribution in [0.15, 0.2) is 18.5 Å². The summed E-state index contributed by atoms with van der Waals surface area (Å²) >= 11 is 0. The lowest BCUT2D eigenvalue weighted by Crippen LogP contribution is -2.32. The van der Waals surface area contributed by atoms with Crippen LogP contribution < -0.4 is 10.2 Å². The Morgan fingerprint density at radius 1 is 1.50 bits per heavy atom. The van der Waals surface area contributed by atoms with Crippen LogP contribution in [0, 0.1) is 6.92 Å². The van der Waals surface area contributed by atoms with Gasteiger partial charge in [0.05, 0.1) is 11.9 Å². The summed E-state index contributed by atoms with van der Waals surface area (Å²) in [7, 11) is 0. The van der Waals surface area contributed by atoms with E-state index in [9.17, 15) is 0 Å². The lowest BCUT2D eigenvalue weighted by molar-refractivity contribution is 0.549. The fourth-order valence-corrected chi connectivity index (χ4v) is 2.22. The maximum Gasteiger partial charge on any atom is 0.0555 e. The molecule has 0 aliphatic carbocycles. The minimum absolute atomic E-state index is 0.653. The third kappa shape index (κ3) is 2.73. The molecule has 1 atom stereocenters. The molecule has 16 heavy (non-hydrogen) atoms. The summed E-state index contributed by atoms with van der Waals surface area (Å²) in [5.41, 5.74) is 2.50. The Kier molecular flexibility index (Phi) is 3.78. The molecule has 3 heteroatoms. The van der Waals surface area contributed by atoms with Gasteiger partial charge in [0.15, 0.2) is 0 Å². The van der Waals surface area contributed by atoms with Gasteiger partial charge < -0.3 is 10.2 Å². The Hall–Kier alpha value is -1.09. The highest BCUT2D eigenvalue weighted by Crippen LogP contribution is 2.20. The van der Waals surface area contributed by atoms with Crippen LogP contribution in [0.3, 0.4) is 0 Å². The normalized spacial score (nSPS) is 20.4. The van der Waals surface area contributed by atoms with Crippen molar-refractivity contribution in [2.75, 3.05) is 24.5 Å². The van der Waals surface area contributed by atoms with Crippen molar-refractivity contribution in [3.63, 3.8) is 0 Å². The molecule has 3 nitrogen and oxygen atoms in total. The minimum atomic E-state index is 0.653. The molecule has 1 aromatic rings. The number of nitrogens with zero attached hydrogens (tertiary/aromatic N) is 2. The van der Waals surface area contributed by atoms with Crippen molar-refractivity contribution >= 4 is 5.69 Å². The molecule has 1 aliphatic rings. The summed E-state index contributed by atoms with van der Waals surface area (Å²) in [5, 5.41) is 3.58. The van der Waals surface area contributed by atoms with Gasteiger partial charge in [0, 0.05) is 25.3 Å². The molecule has 1 saturated heterocycles. The summed E-state index contributed by atoms with van der Waals surface area (Å²) in [6.45, 7) is 7.70. The van der Waals surface area contributed by atoms with E-state index in [-0.39, 0.29) is 0 Å². The Morgan fingerprint density at radius 3 is 3.12 bits per heavy atom. The minimum Gasteiger partial charge on any atom is -0.369 e. The van der Waals surface area contributed by atoms with Gasteiger partial charge in [-0.2, -0.15) is 0 Å². The van der Waals surface area contributed by atoms with Gasteiger partial charge in [0.1, 0.15) is 0 Å². The maximum absolute atomic E-state index is 4.25. The average molecular weight is 219 g/mol. The topological polar surface area (TPSA) is 28.2 Å². The second-order valence-corrected chi connectivity index (χ2v) is 4.61. The molecule has 1 N–H and O–H groups in total. The number of hydrogen-bond acceptors (Lipinski definition) is 3. The molecular formula is C13H21N3. The predicted octanol–water partition coefficient (Wildman–Crippen LogP) is 1.97. The van der Waals surface area contributed by atoms with Gasteiger partial charge in [-0.25, -0.2) is 0 Å². The number of rotatable bonds is 4. The summed E-state index contributed by atoms with van der Waals surface area (Å²) in [6, 6.07) is 2.87. The first-order chi connectivity index (χ1) is 7.79. The first-order valence-electron chi connectivity index (χ1n) is 6.19. The number of aromatic nitrogens is 1. The van der Waals surface area contributed by atoms with Crippen LogP contribution in [0.1, 0.15) is 25.3 Å². The maximum atomic E-state index is 4.25. The lowest BCUT2D eigenvalue weighted by atomic mass is 10.2. The lowest BCUT2D eigenvalue weighted by Gasteiger charge is -2.19. The van der Waals surface area contributed by atoms with Crippen molar-refractivity contribution in [1.82, 2.24) is 10.3 Å². The molecule has 0 spiro atoms. The fourth-order valence-electron chi connectivity index (χ4n) is 2.22. The smallest absolute Gasteiger partial charge is 0.0555 e. The van der Waals surface area contributed by atoms with Gasteiger partial charge in [-0.1, -0.05) is 6.92 Å². The molecule has 88 valence electrons. The summed E-state index contributed by atoms with van der Waals surface area (Å²) in [6.07, 6.45) is 6.33. The van der Waals surface area contributed by atoms with Crippen molar-refractivity contribution in [3.05, 3.63) is 24.0 Å². The Balaban J connectivity index is 1.93. The van der Waals surface area contributed by atoms with Crippen LogP contribution >= 0.6 is 0 Å². The van der Waals surface area contributed by atoms with Gasteiger partial charge in [0.25, 0.3) is 0 Å². The Morgan fingerprint density at radius 2 is 2.38 bits per heavy atom. The quantitative estimate of drug-likeness (QED) is 0.839. The summed E-state index contributed by atoms with van der Waals surface area (Å²) in [4.78, 5) is 6.68. The van der Waals surface area contributed by atoms with E-state index >= 15 is 0 Å². The second-order valence-electron chi connectivity index (χ2n) is 4.61. The number of nitrogens with one attached hydrogen (secondary N) is 1. The number of anilines is 1. The van der Waals surface area contributed by atoms with E-state index in [1.54, 1.807) is 0 Å². The van der Waals surface area contributed by atoms with E-state index in [0.29, 0.717) is 6.04 Å².